The van der Waals surface area contributed by atoms with Crippen molar-refractivity contribution in [3.63, 3.8) is 0 Å². The molecule has 0 saturated heterocycles. The highest BCUT2D eigenvalue weighted by atomic mass is 14.8. The average molecular weight is 123 g/mol. The van der Waals surface area contributed by atoms with Crippen LogP contribution in [0.25, 0.3) is 0 Å². The Kier molecular flexibility index (Phi) is 1.53. The molecule has 0 amide bonds. The van der Waals surface area contributed by atoms with Crippen molar-refractivity contribution < 1.29 is 0 Å². The molecule has 48 valence electrons. The van der Waals surface area contributed by atoms with E-state index in [4.69, 9.17) is 11.1 Å². The Labute approximate surface area is 53.8 Å². The van der Waals surface area contributed by atoms with Gasteiger partial charge in [-0.05, 0) is 0 Å². The predicted octanol–water partition coefficient (Wildman–Crippen LogP) is -0.0343. The molecule has 0 aromatic rings. The third-order valence-electron chi connectivity index (χ3n) is 1.10. The molecule has 0 bridgehead atoms. The van der Waals surface area contributed by atoms with Crippen LogP contribution in [0.4, 0.5) is 0 Å². The summed E-state index contributed by atoms with van der Waals surface area (Å²) in [5, 5.41) is 9.95. The molecular formula is C6H9N3. The topological polar surface area (TPSA) is 61.9 Å². The smallest absolute Gasteiger partial charge is 0.124 e. The Morgan fingerprint density at radius 2 is 2.56 bits per heavy atom. The summed E-state index contributed by atoms with van der Waals surface area (Å²) in [7, 11) is 0. The molecule has 1 aliphatic rings. The fraction of sp³-hybridized carbons (Fsp3) is 0.167. The molecule has 9 heavy (non-hydrogen) atoms. The molecule has 0 spiro atoms. The van der Waals surface area contributed by atoms with Crippen LogP contribution in [-0.4, -0.2) is 12.4 Å². The maximum absolute atomic E-state index is 7.01. The second kappa shape index (κ2) is 2.35. The molecule has 3 heteroatoms. The zero-order valence-corrected chi connectivity index (χ0v) is 5.02. The summed E-state index contributed by atoms with van der Waals surface area (Å²) in [4.78, 5) is 0. The monoisotopic (exact) mass is 123 g/mol. The van der Waals surface area contributed by atoms with Gasteiger partial charge in [-0.2, -0.15) is 0 Å². The van der Waals surface area contributed by atoms with Crippen LogP contribution < -0.4 is 11.1 Å². The highest BCUT2D eigenvalue weighted by Gasteiger charge is 1.96. The molecule has 3 nitrogen and oxygen atoms in total. The largest absolute Gasteiger partial charge is 0.387 e. The summed E-state index contributed by atoms with van der Waals surface area (Å²) in [5.74, 6) is 0.110. The van der Waals surface area contributed by atoms with Crippen LogP contribution in [0.3, 0.4) is 0 Å². The van der Waals surface area contributed by atoms with Gasteiger partial charge >= 0.3 is 0 Å². The Morgan fingerprint density at radius 3 is 2.89 bits per heavy atom. The van der Waals surface area contributed by atoms with Crippen LogP contribution in [0.15, 0.2) is 23.9 Å². The number of rotatable bonds is 1. The number of dihydropyridines is 1. The standard InChI is InChI=1S/C6H9N3/c7-6(8)5-2-1-3-9-4-5/h1-2,4,9H,3H2,(H3,7,8). The van der Waals surface area contributed by atoms with Gasteiger partial charge in [-0.1, -0.05) is 12.2 Å². The molecule has 0 fully saturated rings. The van der Waals surface area contributed by atoms with Gasteiger partial charge in [0.2, 0.25) is 0 Å². The van der Waals surface area contributed by atoms with Crippen LogP contribution in [-0.2, 0) is 0 Å². The van der Waals surface area contributed by atoms with Crippen molar-refractivity contribution in [1.82, 2.24) is 5.32 Å². The Balaban J connectivity index is 2.69. The second-order valence-corrected chi connectivity index (χ2v) is 1.82. The van der Waals surface area contributed by atoms with E-state index in [0.717, 1.165) is 12.1 Å². The van der Waals surface area contributed by atoms with Crippen LogP contribution >= 0.6 is 0 Å². The number of hydrogen-bond acceptors (Lipinski definition) is 2. The lowest BCUT2D eigenvalue weighted by atomic mass is 10.2. The summed E-state index contributed by atoms with van der Waals surface area (Å²) in [6.07, 6.45) is 5.50. The number of nitrogens with two attached hydrogens (primary N) is 1. The number of amidine groups is 1. The number of nitrogens with one attached hydrogen (secondary N) is 2. The molecule has 0 unspecified atom stereocenters. The summed E-state index contributed by atoms with van der Waals surface area (Å²) in [6.45, 7) is 0.830. The Hall–Kier alpha value is -1.25. The first-order chi connectivity index (χ1) is 4.30. The van der Waals surface area contributed by atoms with E-state index in [2.05, 4.69) is 5.32 Å². The third-order valence-corrected chi connectivity index (χ3v) is 1.10. The van der Waals surface area contributed by atoms with Crippen LogP contribution in [0.1, 0.15) is 0 Å². The second-order valence-electron chi connectivity index (χ2n) is 1.82. The summed E-state index contributed by atoms with van der Waals surface area (Å²) >= 11 is 0. The van der Waals surface area contributed by atoms with Gasteiger partial charge in [0.15, 0.2) is 0 Å². The molecular weight excluding hydrogens is 114 g/mol. The van der Waals surface area contributed by atoms with Crippen LogP contribution in [0.2, 0.25) is 0 Å². The van der Waals surface area contributed by atoms with E-state index >= 15 is 0 Å². The molecule has 1 aliphatic heterocycles. The van der Waals surface area contributed by atoms with Crippen molar-refractivity contribution >= 4 is 5.84 Å². The maximum atomic E-state index is 7.01. The molecule has 0 atom stereocenters. The van der Waals surface area contributed by atoms with Gasteiger partial charge in [0.05, 0.1) is 0 Å². The lowest BCUT2D eigenvalue weighted by molar-refractivity contribution is 0.964. The van der Waals surface area contributed by atoms with E-state index < -0.39 is 0 Å². The summed E-state index contributed by atoms with van der Waals surface area (Å²) in [5.41, 5.74) is 5.94. The SMILES string of the molecule is N=C(N)C1=CNCC=C1. The van der Waals surface area contributed by atoms with E-state index in [0.29, 0.717) is 0 Å². The van der Waals surface area contributed by atoms with E-state index in [-0.39, 0.29) is 5.84 Å². The van der Waals surface area contributed by atoms with Crippen molar-refractivity contribution in [3.8, 4) is 0 Å². The summed E-state index contributed by atoms with van der Waals surface area (Å²) < 4.78 is 0. The Bertz CT molecular complexity index is 179. The molecule has 0 aliphatic carbocycles. The third kappa shape index (κ3) is 1.32. The van der Waals surface area contributed by atoms with Gasteiger partial charge in [-0.15, -0.1) is 0 Å². The lowest BCUT2D eigenvalue weighted by Crippen LogP contribution is -2.18. The predicted molar refractivity (Wildman–Crippen MR) is 37.1 cm³/mol. The fourth-order valence-electron chi connectivity index (χ4n) is 0.638. The zero-order valence-electron chi connectivity index (χ0n) is 5.02. The minimum atomic E-state index is 0.110. The number of hydrogen-bond donors (Lipinski definition) is 3. The first-order valence-electron chi connectivity index (χ1n) is 2.75. The van der Waals surface area contributed by atoms with E-state index in [1.165, 1.54) is 0 Å². The minimum Gasteiger partial charge on any atom is -0.387 e. The summed E-state index contributed by atoms with van der Waals surface area (Å²) in [6, 6.07) is 0. The van der Waals surface area contributed by atoms with Crippen LogP contribution in [0.5, 0.6) is 0 Å². The molecule has 0 radical (unpaired) electrons. The minimum absolute atomic E-state index is 0.110. The molecule has 0 saturated carbocycles. The fourth-order valence-corrected chi connectivity index (χ4v) is 0.638. The molecule has 1 rings (SSSR count). The average Bonchev–Trinajstić information content (AvgIpc) is 1.90. The normalized spacial score (nSPS) is 16.2. The van der Waals surface area contributed by atoms with Crippen molar-refractivity contribution in [2.75, 3.05) is 6.54 Å². The quantitative estimate of drug-likeness (QED) is 0.338. The van der Waals surface area contributed by atoms with Crippen molar-refractivity contribution in [2.45, 2.75) is 0 Å². The molecule has 1 heterocycles. The van der Waals surface area contributed by atoms with Gasteiger partial charge in [0.25, 0.3) is 0 Å². The molecule has 0 aromatic carbocycles. The van der Waals surface area contributed by atoms with Crippen molar-refractivity contribution in [3.05, 3.63) is 23.9 Å². The highest BCUT2D eigenvalue weighted by Crippen LogP contribution is 1.96. The zero-order chi connectivity index (χ0) is 6.69. The van der Waals surface area contributed by atoms with Gasteiger partial charge in [0, 0.05) is 18.3 Å². The van der Waals surface area contributed by atoms with Gasteiger partial charge in [0.1, 0.15) is 5.84 Å². The van der Waals surface area contributed by atoms with Crippen molar-refractivity contribution in [2.24, 2.45) is 5.73 Å². The lowest BCUT2D eigenvalue weighted by Gasteiger charge is -2.05. The first-order valence-corrected chi connectivity index (χ1v) is 2.75. The van der Waals surface area contributed by atoms with E-state index in [1.807, 2.05) is 12.2 Å². The van der Waals surface area contributed by atoms with Gasteiger partial charge in [-0.3, -0.25) is 5.41 Å². The van der Waals surface area contributed by atoms with Gasteiger partial charge in [-0.25, -0.2) is 0 Å². The van der Waals surface area contributed by atoms with Crippen LogP contribution in [0, 0.1) is 5.41 Å². The molecule has 4 N–H and O–H groups in total. The highest BCUT2D eigenvalue weighted by molar-refractivity contribution is 5.97. The van der Waals surface area contributed by atoms with E-state index in [9.17, 15) is 0 Å². The van der Waals surface area contributed by atoms with Crippen molar-refractivity contribution in [1.29, 1.82) is 5.41 Å². The van der Waals surface area contributed by atoms with E-state index in [1.54, 1.807) is 6.20 Å². The Morgan fingerprint density at radius 1 is 1.78 bits per heavy atom. The maximum Gasteiger partial charge on any atom is 0.124 e. The van der Waals surface area contributed by atoms with Gasteiger partial charge < -0.3 is 11.1 Å². The first kappa shape index (κ1) is 5.88. The molecule has 0 aromatic heterocycles.